The minimum atomic E-state index is -1.23. The molecule has 1 heterocycles. The van der Waals surface area contributed by atoms with Crippen LogP contribution in [0, 0.1) is 0 Å². The van der Waals surface area contributed by atoms with E-state index in [0.717, 1.165) is 30.0 Å². The summed E-state index contributed by atoms with van der Waals surface area (Å²) in [5.41, 5.74) is 0.364. The zero-order chi connectivity index (χ0) is 10.9. The third kappa shape index (κ3) is 1.91. The van der Waals surface area contributed by atoms with Gasteiger partial charge in [-0.2, -0.15) is 0 Å². The van der Waals surface area contributed by atoms with Gasteiger partial charge in [-0.15, -0.1) is 0 Å². The van der Waals surface area contributed by atoms with E-state index >= 15 is 0 Å². The predicted molar refractivity (Wildman–Crippen MR) is 59.2 cm³/mol. The Balaban J connectivity index is 2.46. The molecule has 1 aromatic carbocycles. The number of rotatable bonds is 1. The van der Waals surface area contributed by atoms with E-state index in [9.17, 15) is 4.39 Å². The number of ether oxygens (including phenoxy) is 1. The number of alkyl halides is 1. The van der Waals surface area contributed by atoms with E-state index < -0.39 is 5.67 Å². The van der Waals surface area contributed by atoms with Crippen molar-refractivity contribution < 1.29 is 9.13 Å². The Morgan fingerprint density at radius 2 is 2.27 bits per heavy atom. The van der Waals surface area contributed by atoms with Crippen molar-refractivity contribution >= 4 is 5.69 Å². The second-order valence-corrected chi connectivity index (χ2v) is 4.14. The van der Waals surface area contributed by atoms with Gasteiger partial charge in [0.05, 0.1) is 7.11 Å². The van der Waals surface area contributed by atoms with Crippen LogP contribution < -0.4 is 10.1 Å². The van der Waals surface area contributed by atoms with E-state index in [1.165, 1.54) is 0 Å². The molecule has 1 unspecified atom stereocenters. The van der Waals surface area contributed by atoms with Gasteiger partial charge in [0.1, 0.15) is 11.4 Å². The topological polar surface area (TPSA) is 21.3 Å². The SMILES string of the molecule is COc1ccc2c(c1)NCCCC2(C)F. The molecule has 82 valence electrons. The van der Waals surface area contributed by atoms with Gasteiger partial charge in [-0.25, -0.2) is 4.39 Å². The average molecular weight is 209 g/mol. The molecule has 0 spiro atoms. The van der Waals surface area contributed by atoms with Crippen LogP contribution in [0.5, 0.6) is 5.75 Å². The van der Waals surface area contributed by atoms with E-state index in [1.54, 1.807) is 14.0 Å². The molecule has 2 rings (SSSR count). The molecule has 15 heavy (non-hydrogen) atoms. The first kappa shape index (κ1) is 10.3. The lowest BCUT2D eigenvalue weighted by atomic mass is 9.93. The predicted octanol–water partition coefficient (Wildman–Crippen LogP) is 3.09. The molecule has 1 N–H and O–H groups in total. The molecule has 0 radical (unpaired) electrons. The normalized spacial score (nSPS) is 25.0. The van der Waals surface area contributed by atoms with Gasteiger partial charge in [-0.05, 0) is 25.8 Å². The van der Waals surface area contributed by atoms with E-state index in [-0.39, 0.29) is 0 Å². The second kappa shape index (κ2) is 3.72. The highest BCUT2D eigenvalue weighted by atomic mass is 19.1. The molecule has 0 saturated heterocycles. The first-order valence-corrected chi connectivity index (χ1v) is 5.25. The molecule has 3 heteroatoms. The number of hydrogen-bond donors (Lipinski definition) is 1. The lowest BCUT2D eigenvalue weighted by Gasteiger charge is -2.20. The summed E-state index contributed by atoms with van der Waals surface area (Å²) in [6, 6.07) is 5.48. The summed E-state index contributed by atoms with van der Waals surface area (Å²) in [7, 11) is 1.62. The van der Waals surface area contributed by atoms with E-state index in [4.69, 9.17) is 4.74 Å². The van der Waals surface area contributed by atoms with Crippen molar-refractivity contribution in [1.82, 2.24) is 0 Å². The van der Waals surface area contributed by atoms with Gasteiger partial charge in [0, 0.05) is 23.9 Å². The summed E-state index contributed by atoms with van der Waals surface area (Å²) in [6.45, 7) is 2.46. The zero-order valence-electron chi connectivity index (χ0n) is 9.14. The van der Waals surface area contributed by atoms with Crippen LogP contribution in [0.2, 0.25) is 0 Å². The van der Waals surface area contributed by atoms with Crippen molar-refractivity contribution in [2.75, 3.05) is 19.0 Å². The molecule has 1 aliphatic rings. The Morgan fingerprint density at radius 1 is 1.47 bits per heavy atom. The lowest BCUT2D eigenvalue weighted by molar-refractivity contribution is 0.178. The van der Waals surface area contributed by atoms with Gasteiger partial charge < -0.3 is 10.1 Å². The molecule has 0 fully saturated rings. The number of fused-ring (bicyclic) bond motifs is 1. The maximum Gasteiger partial charge on any atom is 0.135 e. The smallest absolute Gasteiger partial charge is 0.135 e. The van der Waals surface area contributed by atoms with E-state index in [0.29, 0.717) is 6.42 Å². The molecular weight excluding hydrogens is 193 g/mol. The van der Waals surface area contributed by atoms with Crippen molar-refractivity contribution in [1.29, 1.82) is 0 Å². The van der Waals surface area contributed by atoms with Crippen molar-refractivity contribution in [3.05, 3.63) is 23.8 Å². The van der Waals surface area contributed by atoms with Gasteiger partial charge in [0.25, 0.3) is 0 Å². The summed E-state index contributed by atoms with van der Waals surface area (Å²) in [5.74, 6) is 0.763. The fourth-order valence-electron chi connectivity index (χ4n) is 2.03. The lowest BCUT2D eigenvalue weighted by Crippen LogP contribution is -2.14. The van der Waals surface area contributed by atoms with Crippen LogP contribution in [0.15, 0.2) is 18.2 Å². The summed E-state index contributed by atoms with van der Waals surface area (Å²) in [4.78, 5) is 0. The molecule has 1 aliphatic heterocycles. The number of anilines is 1. The summed E-state index contributed by atoms with van der Waals surface area (Å²) in [5, 5.41) is 3.24. The zero-order valence-corrected chi connectivity index (χ0v) is 9.14. The highest BCUT2D eigenvalue weighted by molar-refractivity contribution is 5.58. The van der Waals surface area contributed by atoms with Crippen LogP contribution in [0.4, 0.5) is 10.1 Å². The average Bonchev–Trinajstić information content (AvgIpc) is 2.37. The minimum Gasteiger partial charge on any atom is -0.497 e. The van der Waals surface area contributed by atoms with Crippen LogP contribution in [-0.2, 0) is 5.67 Å². The fourth-order valence-corrected chi connectivity index (χ4v) is 2.03. The highest BCUT2D eigenvalue weighted by Crippen LogP contribution is 2.39. The number of methoxy groups -OCH3 is 1. The van der Waals surface area contributed by atoms with Crippen LogP contribution >= 0.6 is 0 Å². The van der Waals surface area contributed by atoms with Gasteiger partial charge >= 0.3 is 0 Å². The molecular formula is C12H16FNO. The summed E-state index contributed by atoms with van der Waals surface area (Å²) >= 11 is 0. The Bertz CT molecular complexity index is 363. The Morgan fingerprint density at radius 3 is 3.00 bits per heavy atom. The molecule has 1 aromatic rings. The van der Waals surface area contributed by atoms with Crippen LogP contribution in [0.25, 0.3) is 0 Å². The molecule has 2 nitrogen and oxygen atoms in total. The number of benzene rings is 1. The third-order valence-electron chi connectivity index (χ3n) is 2.93. The van der Waals surface area contributed by atoms with E-state index in [1.807, 2.05) is 18.2 Å². The maximum absolute atomic E-state index is 14.3. The largest absolute Gasteiger partial charge is 0.497 e. The van der Waals surface area contributed by atoms with Gasteiger partial charge in [-0.3, -0.25) is 0 Å². The third-order valence-corrected chi connectivity index (χ3v) is 2.93. The van der Waals surface area contributed by atoms with Gasteiger partial charge in [0.15, 0.2) is 0 Å². The quantitative estimate of drug-likeness (QED) is 0.767. The standard InChI is InChI=1S/C12H16FNO/c1-12(13)6-3-7-14-11-8-9(15-2)4-5-10(11)12/h4-5,8,14H,3,6-7H2,1-2H3. The van der Waals surface area contributed by atoms with Crippen LogP contribution in [0.3, 0.4) is 0 Å². The minimum absolute atomic E-state index is 0.569. The van der Waals surface area contributed by atoms with Crippen molar-refractivity contribution in [2.45, 2.75) is 25.4 Å². The Hall–Kier alpha value is -1.25. The van der Waals surface area contributed by atoms with Crippen LogP contribution in [-0.4, -0.2) is 13.7 Å². The molecule has 0 amide bonds. The number of hydrogen-bond acceptors (Lipinski definition) is 2. The molecule has 0 aliphatic carbocycles. The fraction of sp³-hybridized carbons (Fsp3) is 0.500. The van der Waals surface area contributed by atoms with Gasteiger partial charge in [-0.1, -0.05) is 6.07 Å². The molecule has 0 saturated carbocycles. The van der Waals surface area contributed by atoms with Crippen LogP contribution in [0.1, 0.15) is 25.3 Å². The molecule has 0 aromatic heterocycles. The Labute approximate surface area is 89.4 Å². The molecule has 0 bridgehead atoms. The first-order chi connectivity index (χ1) is 7.13. The van der Waals surface area contributed by atoms with E-state index in [2.05, 4.69) is 5.32 Å². The Kier molecular flexibility index (Phi) is 2.55. The second-order valence-electron chi connectivity index (χ2n) is 4.14. The number of nitrogens with one attached hydrogen (secondary N) is 1. The first-order valence-electron chi connectivity index (χ1n) is 5.25. The summed E-state index contributed by atoms with van der Waals surface area (Å²) in [6.07, 6.45) is 1.42. The maximum atomic E-state index is 14.3. The van der Waals surface area contributed by atoms with Gasteiger partial charge in [0.2, 0.25) is 0 Å². The van der Waals surface area contributed by atoms with Crippen molar-refractivity contribution in [3.63, 3.8) is 0 Å². The monoisotopic (exact) mass is 209 g/mol. The van der Waals surface area contributed by atoms with Crippen molar-refractivity contribution in [3.8, 4) is 5.75 Å². The number of halogens is 1. The molecule has 1 atom stereocenters. The van der Waals surface area contributed by atoms with Crippen molar-refractivity contribution in [2.24, 2.45) is 0 Å². The summed E-state index contributed by atoms with van der Waals surface area (Å²) < 4.78 is 19.4. The highest BCUT2D eigenvalue weighted by Gasteiger charge is 2.30.